The lowest BCUT2D eigenvalue weighted by Crippen LogP contribution is -2.48. The molecule has 0 amide bonds. The highest BCUT2D eigenvalue weighted by atomic mass is 32.2. The van der Waals surface area contributed by atoms with Crippen molar-refractivity contribution in [1.82, 2.24) is 5.32 Å². The Morgan fingerprint density at radius 2 is 2.11 bits per heavy atom. The van der Waals surface area contributed by atoms with Crippen LogP contribution in [-0.4, -0.2) is 35.3 Å². The zero-order valence-electron chi connectivity index (χ0n) is 11.5. The fourth-order valence-electron chi connectivity index (χ4n) is 2.57. The first kappa shape index (κ1) is 14.8. The van der Waals surface area contributed by atoms with Crippen molar-refractivity contribution in [3.63, 3.8) is 0 Å². The maximum absolute atomic E-state index is 13.6. The summed E-state index contributed by atoms with van der Waals surface area (Å²) in [4.78, 5) is 0. The van der Waals surface area contributed by atoms with Crippen LogP contribution in [0.15, 0.2) is 24.3 Å². The fourth-order valence-corrected chi connectivity index (χ4v) is 3.29. The molecule has 2 nitrogen and oxygen atoms in total. The summed E-state index contributed by atoms with van der Waals surface area (Å²) in [6.45, 7) is 2.45. The van der Waals surface area contributed by atoms with Gasteiger partial charge in [0.1, 0.15) is 5.82 Å². The Hall–Kier alpha value is -0.580. The number of hydrogen-bond donors (Lipinski definition) is 2. The average Bonchev–Trinajstić information content (AvgIpc) is 2.29. The number of hydrogen-bond acceptors (Lipinski definition) is 3. The molecule has 19 heavy (non-hydrogen) atoms. The number of thioether (sulfide) groups is 1. The standard InChI is InChI=1S/C15H22FNOS/c1-15(18,10-19-2)9-17-12-7-11(8-12)13-5-3-4-6-14(13)16/h3-6,11-12,17-18H,7-10H2,1-2H3. The molecule has 0 heterocycles. The molecule has 2 N–H and O–H groups in total. The summed E-state index contributed by atoms with van der Waals surface area (Å²) in [5, 5.41) is 13.4. The number of nitrogens with one attached hydrogen (secondary N) is 1. The second-order valence-electron chi connectivity index (χ2n) is 5.70. The minimum absolute atomic E-state index is 0.0969. The smallest absolute Gasteiger partial charge is 0.126 e. The molecule has 1 aromatic carbocycles. The van der Waals surface area contributed by atoms with Crippen LogP contribution in [0.2, 0.25) is 0 Å². The van der Waals surface area contributed by atoms with E-state index in [4.69, 9.17) is 0 Å². The van der Waals surface area contributed by atoms with E-state index in [1.165, 1.54) is 6.07 Å². The van der Waals surface area contributed by atoms with Crippen LogP contribution in [0, 0.1) is 5.82 Å². The Bertz CT molecular complexity index is 418. The SMILES string of the molecule is CSCC(C)(O)CNC1CC(c2ccccc2F)C1. The minimum Gasteiger partial charge on any atom is -0.388 e. The van der Waals surface area contributed by atoms with Crippen molar-refractivity contribution < 1.29 is 9.50 Å². The van der Waals surface area contributed by atoms with Crippen molar-refractivity contribution in [2.45, 2.75) is 37.3 Å². The van der Waals surface area contributed by atoms with E-state index in [1.807, 2.05) is 25.3 Å². The molecule has 0 aromatic heterocycles. The summed E-state index contributed by atoms with van der Waals surface area (Å²) in [7, 11) is 0. The Balaban J connectivity index is 1.77. The lowest BCUT2D eigenvalue weighted by atomic mass is 9.75. The Labute approximate surface area is 118 Å². The highest BCUT2D eigenvalue weighted by Gasteiger charge is 2.33. The van der Waals surface area contributed by atoms with Gasteiger partial charge in [-0.25, -0.2) is 4.39 Å². The number of aliphatic hydroxyl groups is 1. The van der Waals surface area contributed by atoms with E-state index >= 15 is 0 Å². The van der Waals surface area contributed by atoms with Gasteiger partial charge in [-0.1, -0.05) is 18.2 Å². The molecule has 0 saturated heterocycles. The van der Waals surface area contributed by atoms with Gasteiger partial charge in [-0.3, -0.25) is 0 Å². The summed E-state index contributed by atoms with van der Waals surface area (Å²) in [5.74, 6) is 0.952. The van der Waals surface area contributed by atoms with Crippen LogP contribution < -0.4 is 5.32 Å². The molecule has 2 rings (SSSR count). The van der Waals surface area contributed by atoms with Crippen LogP contribution in [0.3, 0.4) is 0 Å². The third-order valence-electron chi connectivity index (χ3n) is 3.71. The number of rotatable bonds is 6. The molecule has 0 bridgehead atoms. The minimum atomic E-state index is -0.664. The van der Waals surface area contributed by atoms with Gasteiger partial charge in [-0.15, -0.1) is 0 Å². The normalized spacial score (nSPS) is 25.7. The van der Waals surface area contributed by atoms with Gasteiger partial charge in [0.25, 0.3) is 0 Å². The van der Waals surface area contributed by atoms with Crippen molar-refractivity contribution in [2.24, 2.45) is 0 Å². The van der Waals surface area contributed by atoms with E-state index in [9.17, 15) is 9.50 Å². The van der Waals surface area contributed by atoms with Crippen LogP contribution in [0.25, 0.3) is 0 Å². The first-order chi connectivity index (χ1) is 9.02. The largest absolute Gasteiger partial charge is 0.388 e. The van der Waals surface area contributed by atoms with E-state index in [-0.39, 0.29) is 5.82 Å². The Morgan fingerprint density at radius 3 is 2.74 bits per heavy atom. The van der Waals surface area contributed by atoms with E-state index in [1.54, 1.807) is 17.8 Å². The van der Waals surface area contributed by atoms with E-state index < -0.39 is 5.60 Å². The predicted molar refractivity (Wildman–Crippen MR) is 79.2 cm³/mol. The van der Waals surface area contributed by atoms with Gasteiger partial charge >= 0.3 is 0 Å². The first-order valence-corrected chi connectivity index (χ1v) is 8.10. The molecule has 1 aliphatic carbocycles. The quantitative estimate of drug-likeness (QED) is 0.842. The summed E-state index contributed by atoms with van der Waals surface area (Å²) < 4.78 is 13.6. The molecule has 1 fully saturated rings. The predicted octanol–water partition coefficient (Wildman–Crippen LogP) is 2.78. The van der Waals surface area contributed by atoms with Crippen molar-refractivity contribution in [2.75, 3.05) is 18.6 Å². The van der Waals surface area contributed by atoms with Crippen LogP contribution >= 0.6 is 11.8 Å². The first-order valence-electron chi connectivity index (χ1n) is 6.71. The van der Waals surface area contributed by atoms with Crippen LogP contribution in [0.1, 0.15) is 31.2 Å². The van der Waals surface area contributed by atoms with Crippen molar-refractivity contribution in [3.05, 3.63) is 35.6 Å². The zero-order valence-corrected chi connectivity index (χ0v) is 12.3. The number of benzene rings is 1. The molecule has 0 aliphatic heterocycles. The molecule has 1 aromatic rings. The van der Waals surface area contributed by atoms with Crippen molar-refractivity contribution >= 4 is 11.8 Å². The Kier molecular flexibility index (Phi) is 4.87. The van der Waals surface area contributed by atoms with Crippen molar-refractivity contribution in [3.8, 4) is 0 Å². The molecule has 1 atom stereocenters. The molecule has 1 unspecified atom stereocenters. The summed E-state index contributed by atoms with van der Waals surface area (Å²) in [6.07, 6.45) is 3.90. The topological polar surface area (TPSA) is 32.3 Å². The van der Waals surface area contributed by atoms with Gasteiger partial charge in [-0.2, -0.15) is 11.8 Å². The lowest BCUT2D eigenvalue weighted by molar-refractivity contribution is 0.0754. The number of halogens is 1. The highest BCUT2D eigenvalue weighted by Crippen LogP contribution is 2.38. The van der Waals surface area contributed by atoms with E-state index in [2.05, 4.69) is 5.32 Å². The van der Waals surface area contributed by atoms with Crippen LogP contribution in [0.5, 0.6) is 0 Å². The van der Waals surface area contributed by atoms with Gasteiger partial charge in [0.05, 0.1) is 5.60 Å². The van der Waals surface area contributed by atoms with Gasteiger partial charge in [0.15, 0.2) is 0 Å². The molecule has 106 valence electrons. The lowest BCUT2D eigenvalue weighted by Gasteiger charge is -2.38. The zero-order chi connectivity index (χ0) is 13.9. The summed E-state index contributed by atoms with van der Waals surface area (Å²) >= 11 is 1.65. The molecule has 1 aliphatic rings. The van der Waals surface area contributed by atoms with Crippen LogP contribution in [-0.2, 0) is 0 Å². The summed E-state index contributed by atoms with van der Waals surface area (Å²) in [6, 6.07) is 7.42. The second-order valence-corrected chi connectivity index (χ2v) is 6.56. The molecule has 4 heteroatoms. The second kappa shape index (κ2) is 6.25. The maximum atomic E-state index is 13.6. The van der Waals surface area contributed by atoms with Gasteiger partial charge in [0.2, 0.25) is 0 Å². The monoisotopic (exact) mass is 283 g/mol. The van der Waals surface area contributed by atoms with Crippen LogP contribution in [0.4, 0.5) is 4.39 Å². The van der Waals surface area contributed by atoms with E-state index in [0.717, 1.165) is 24.2 Å². The van der Waals surface area contributed by atoms with Crippen molar-refractivity contribution in [1.29, 1.82) is 0 Å². The maximum Gasteiger partial charge on any atom is 0.126 e. The fraction of sp³-hybridized carbons (Fsp3) is 0.600. The van der Waals surface area contributed by atoms with Gasteiger partial charge in [0, 0.05) is 18.3 Å². The van der Waals surface area contributed by atoms with Gasteiger partial charge in [-0.05, 0) is 43.6 Å². The third kappa shape index (κ3) is 3.94. The molecule has 0 radical (unpaired) electrons. The average molecular weight is 283 g/mol. The summed E-state index contributed by atoms with van der Waals surface area (Å²) in [5.41, 5.74) is 0.166. The highest BCUT2D eigenvalue weighted by molar-refractivity contribution is 7.98. The molecule has 1 saturated carbocycles. The molecule has 0 spiro atoms. The Morgan fingerprint density at radius 1 is 1.42 bits per heavy atom. The molecular formula is C15H22FNOS. The molecular weight excluding hydrogens is 261 g/mol. The van der Waals surface area contributed by atoms with E-state index in [0.29, 0.717) is 18.5 Å². The third-order valence-corrected chi connectivity index (χ3v) is 4.62. The van der Waals surface area contributed by atoms with Gasteiger partial charge < -0.3 is 10.4 Å².